The SMILES string of the molecule is CC(=O)N(CCC(=O)Nc1ccccc1Br)CC(C)C. The fourth-order valence-corrected chi connectivity index (χ4v) is 2.21. The number of benzene rings is 1. The average molecular weight is 341 g/mol. The molecule has 0 saturated heterocycles. The quantitative estimate of drug-likeness (QED) is 0.863. The Bertz CT molecular complexity index is 475. The van der Waals surface area contributed by atoms with Crippen LogP contribution in [-0.2, 0) is 9.59 Å². The summed E-state index contributed by atoms with van der Waals surface area (Å²) in [5.41, 5.74) is 0.746. The zero-order chi connectivity index (χ0) is 15.1. The lowest BCUT2D eigenvalue weighted by molar-refractivity contribution is -0.129. The van der Waals surface area contributed by atoms with Crippen LogP contribution in [0, 0.1) is 5.92 Å². The minimum absolute atomic E-state index is 0.00684. The second-order valence-corrected chi connectivity index (χ2v) is 5.99. The van der Waals surface area contributed by atoms with Crippen molar-refractivity contribution in [2.24, 2.45) is 5.92 Å². The molecular formula is C15H21BrN2O2. The van der Waals surface area contributed by atoms with Gasteiger partial charge in [-0.3, -0.25) is 9.59 Å². The number of nitrogens with one attached hydrogen (secondary N) is 1. The topological polar surface area (TPSA) is 49.4 Å². The summed E-state index contributed by atoms with van der Waals surface area (Å²) in [5, 5.41) is 2.83. The zero-order valence-corrected chi connectivity index (χ0v) is 13.7. The van der Waals surface area contributed by atoms with Crippen LogP contribution in [0.25, 0.3) is 0 Å². The number of carbonyl (C=O) groups excluding carboxylic acids is 2. The lowest BCUT2D eigenvalue weighted by Crippen LogP contribution is -2.34. The van der Waals surface area contributed by atoms with Crippen molar-refractivity contribution in [1.82, 2.24) is 4.90 Å². The highest BCUT2D eigenvalue weighted by molar-refractivity contribution is 9.10. The maximum absolute atomic E-state index is 11.9. The molecule has 0 aromatic heterocycles. The van der Waals surface area contributed by atoms with Gasteiger partial charge in [0.1, 0.15) is 0 Å². The second-order valence-electron chi connectivity index (χ2n) is 5.14. The van der Waals surface area contributed by atoms with Crippen molar-refractivity contribution in [3.8, 4) is 0 Å². The van der Waals surface area contributed by atoms with E-state index in [2.05, 4.69) is 35.1 Å². The van der Waals surface area contributed by atoms with Gasteiger partial charge in [0.2, 0.25) is 11.8 Å². The third-order valence-electron chi connectivity index (χ3n) is 2.79. The molecule has 0 heterocycles. The molecule has 0 radical (unpaired) electrons. The molecule has 0 fully saturated rings. The molecule has 0 unspecified atom stereocenters. The van der Waals surface area contributed by atoms with Crippen molar-refractivity contribution in [3.63, 3.8) is 0 Å². The number of hydrogen-bond donors (Lipinski definition) is 1. The van der Waals surface area contributed by atoms with Gasteiger partial charge in [0, 0.05) is 30.9 Å². The smallest absolute Gasteiger partial charge is 0.226 e. The normalized spacial score (nSPS) is 10.4. The van der Waals surface area contributed by atoms with Crippen LogP contribution in [0.4, 0.5) is 5.69 Å². The predicted molar refractivity (Wildman–Crippen MR) is 84.5 cm³/mol. The Labute approximate surface area is 128 Å². The molecule has 0 aliphatic heterocycles. The number of para-hydroxylation sites is 1. The minimum Gasteiger partial charge on any atom is -0.342 e. The summed E-state index contributed by atoms with van der Waals surface area (Å²) < 4.78 is 0.846. The fraction of sp³-hybridized carbons (Fsp3) is 0.467. The van der Waals surface area contributed by atoms with E-state index in [-0.39, 0.29) is 11.8 Å². The molecule has 1 rings (SSSR count). The number of amides is 2. The van der Waals surface area contributed by atoms with Crippen LogP contribution in [-0.4, -0.2) is 29.8 Å². The van der Waals surface area contributed by atoms with E-state index in [0.29, 0.717) is 25.4 Å². The highest BCUT2D eigenvalue weighted by atomic mass is 79.9. The molecule has 0 atom stereocenters. The summed E-state index contributed by atoms with van der Waals surface area (Å²) in [5.74, 6) is 0.310. The molecule has 1 N–H and O–H groups in total. The fourth-order valence-electron chi connectivity index (χ4n) is 1.83. The van der Waals surface area contributed by atoms with Gasteiger partial charge in [-0.1, -0.05) is 26.0 Å². The van der Waals surface area contributed by atoms with Crippen LogP contribution in [0.3, 0.4) is 0 Å². The van der Waals surface area contributed by atoms with Gasteiger partial charge in [-0.25, -0.2) is 0 Å². The van der Waals surface area contributed by atoms with Crippen LogP contribution < -0.4 is 5.32 Å². The Balaban J connectivity index is 2.50. The van der Waals surface area contributed by atoms with E-state index in [1.54, 1.807) is 4.90 Å². The van der Waals surface area contributed by atoms with E-state index in [9.17, 15) is 9.59 Å². The number of anilines is 1. The van der Waals surface area contributed by atoms with E-state index in [1.807, 2.05) is 24.3 Å². The molecule has 20 heavy (non-hydrogen) atoms. The molecule has 0 aliphatic carbocycles. The first-order valence-corrected chi connectivity index (χ1v) is 7.49. The molecule has 0 saturated carbocycles. The van der Waals surface area contributed by atoms with Gasteiger partial charge in [0.15, 0.2) is 0 Å². The van der Waals surface area contributed by atoms with Gasteiger partial charge in [0.25, 0.3) is 0 Å². The molecule has 1 aromatic carbocycles. The Morgan fingerprint density at radius 2 is 1.95 bits per heavy atom. The van der Waals surface area contributed by atoms with Gasteiger partial charge in [0.05, 0.1) is 5.69 Å². The van der Waals surface area contributed by atoms with Crippen molar-refractivity contribution in [2.75, 3.05) is 18.4 Å². The summed E-state index contributed by atoms with van der Waals surface area (Å²) >= 11 is 3.38. The number of rotatable bonds is 6. The highest BCUT2D eigenvalue weighted by Crippen LogP contribution is 2.21. The molecule has 1 aromatic rings. The van der Waals surface area contributed by atoms with Crippen molar-refractivity contribution < 1.29 is 9.59 Å². The summed E-state index contributed by atoms with van der Waals surface area (Å²) in [6.07, 6.45) is 0.299. The van der Waals surface area contributed by atoms with E-state index in [4.69, 9.17) is 0 Å². The number of carbonyl (C=O) groups is 2. The monoisotopic (exact) mass is 340 g/mol. The summed E-state index contributed by atoms with van der Waals surface area (Å²) in [6.45, 7) is 6.77. The van der Waals surface area contributed by atoms with Crippen LogP contribution in [0.2, 0.25) is 0 Å². The van der Waals surface area contributed by atoms with Crippen molar-refractivity contribution in [2.45, 2.75) is 27.2 Å². The third kappa shape index (κ3) is 5.74. The molecule has 0 spiro atoms. The number of nitrogens with zero attached hydrogens (tertiary/aromatic N) is 1. The lowest BCUT2D eigenvalue weighted by Gasteiger charge is -2.22. The van der Waals surface area contributed by atoms with Crippen molar-refractivity contribution >= 4 is 33.4 Å². The summed E-state index contributed by atoms with van der Waals surface area (Å²) in [4.78, 5) is 25.1. The first-order chi connectivity index (χ1) is 9.40. The Hall–Kier alpha value is -1.36. The standard InChI is InChI=1S/C15H21BrN2O2/c1-11(2)10-18(12(3)19)9-8-15(20)17-14-7-5-4-6-13(14)16/h4-7,11H,8-10H2,1-3H3,(H,17,20). The Morgan fingerprint density at radius 1 is 1.30 bits per heavy atom. The van der Waals surface area contributed by atoms with Gasteiger partial charge < -0.3 is 10.2 Å². The molecule has 0 bridgehead atoms. The minimum atomic E-state index is -0.0908. The predicted octanol–water partition coefficient (Wildman–Crippen LogP) is 3.28. The summed E-state index contributed by atoms with van der Waals surface area (Å²) in [7, 11) is 0. The average Bonchev–Trinajstić information content (AvgIpc) is 2.36. The van der Waals surface area contributed by atoms with Gasteiger partial charge in [-0.05, 0) is 34.0 Å². The maximum atomic E-state index is 11.9. The summed E-state index contributed by atoms with van der Waals surface area (Å²) in [6, 6.07) is 7.45. The number of halogens is 1. The first-order valence-electron chi connectivity index (χ1n) is 6.70. The maximum Gasteiger partial charge on any atom is 0.226 e. The first kappa shape index (κ1) is 16.7. The largest absolute Gasteiger partial charge is 0.342 e. The Kier molecular flexibility index (Phi) is 6.71. The van der Waals surface area contributed by atoms with Crippen LogP contribution >= 0.6 is 15.9 Å². The van der Waals surface area contributed by atoms with Crippen LogP contribution in [0.5, 0.6) is 0 Å². The molecule has 2 amide bonds. The van der Waals surface area contributed by atoms with E-state index >= 15 is 0 Å². The molecule has 4 nitrogen and oxygen atoms in total. The molecular weight excluding hydrogens is 320 g/mol. The second kappa shape index (κ2) is 8.04. The molecule has 0 aliphatic rings. The molecule has 110 valence electrons. The highest BCUT2D eigenvalue weighted by Gasteiger charge is 2.13. The lowest BCUT2D eigenvalue weighted by atomic mass is 10.2. The van der Waals surface area contributed by atoms with Crippen molar-refractivity contribution in [1.29, 1.82) is 0 Å². The number of hydrogen-bond acceptors (Lipinski definition) is 2. The van der Waals surface area contributed by atoms with Crippen molar-refractivity contribution in [3.05, 3.63) is 28.7 Å². The van der Waals surface area contributed by atoms with E-state index in [0.717, 1.165) is 10.2 Å². The van der Waals surface area contributed by atoms with Crippen LogP contribution in [0.15, 0.2) is 28.7 Å². The Morgan fingerprint density at radius 3 is 2.50 bits per heavy atom. The van der Waals surface area contributed by atoms with E-state index in [1.165, 1.54) is 6.92 Å². The van der Waals surface area contributed by atoms with Gasteiger partial charge in [-0.2, -0.15) is 0 Å². The third-order valence-corrected chi connectivity index (χ3v) is 3.48. The van der Waals surface area contributed by atoms with Gasteiger partial charge >= 0.3 is 0 Å². The van der Waals surface area contributed by atoms with Crippen LogP contribution in [0.1, 0.15) is 27.2 Å². The van der Waals surface area contributed by atoms with Gasteiger partial charge in [-0.15, -0.1) is 0 Å². The van der Waals surface area contributed by atoms with E-state index < -0.39 is 0 Å². The molecule has 5 heteroatoms. The zero-order valence-electron chi connectivity index (χ0n) is 12.1.